The van der Waals surface area contributed by atoms with Gasteiger partial charge in [0.25, 0.3) is 0 Å². The molecule has 0 bridgehead atoms. The number of hydrogen-bond donors (Lipinski definition) is 1. The lowest BCUT2D eigenvalue weighted by molar-refractivity contribution is 0.440. The van der Waals surface area contributed by atoms with Gasteiger partial charge < -0.3 is 4.98 Å². The lowest BCUT2D eigenvalue weighted by Crippen LogP contribution is -2.04. The average molecular weight is 199 g/mol. The van der Waals surface area contributed by atoms with Crippen molar-refractivity contribution in [3.63, 3.8) is 0 Å². The summed E-state index contributed by atoms with van der Waals surface area (Å²) < 4.78 is 0. The van der Waals surface area contributed by atoms with Crippen LogP contribution < -0.4 is 0 Å². The molecule has 1 aliphatic rings. The van der Waals surface area contributed by atoms with Crippen molar-refractivity contribution in [3.05, 3.63) is 36.2 Å². The van der Waals surface area contributed by atoms with E-state index >= 15 is 0 Å². The molecular weight excluding hydrogens is 182 g/mol. The molecule has 1 heterocycles. The summed E-state index contributed by atoms with van der Waals surface area (Å²) in [6.45, 7) is 0. The van der Waals surface area contributed by atoms with Crippen molar-refractivity contribution in [3.8, 4) is 0 Å². The van der Waals surface area contributed by atoms with E-state index in [0.29, 0.717) is 0 Å². The van der Waals surface area contributed by atoms with Crippen LogP contribution in [0, 0.1) is 0 Å². The van der Waals surface area contributed by atoms with E-state index in [-0.39, 0.29) is 0 Å². The van der Waals surface area contributed by atoms with Crippen LogP contribution >= 0.6 is 0 Å². The molecule has 1 fully saturated rings. The summed E-state index contributed by atoms with van der Waals surface area (Å²) >= 11 is 0. The van der Waals surface area contributed by atoms with Gasteiger partial charge in [0.05, 0.1) is 0 Å². The standard InChI is InChI=1S/C14H17N/c1-2-6-11(7-3-1)14-13-9-5-4-8-12(13)10-15-14/h4-5,8-11,15H,1-3,6-7H2. The fourth-order valence-electron chi connectivity index (χ4n) is 2.83. The molecule has 1 heteroatoms. The van der Waals surface area contributed by atoms with Gasteiger partial charge in [-0.15, -0.1) is 0 Å². The number of aromatic amines is 1. The molecule has 1 aliphatic carbocycles. The van der Waals surface area contributed by atoms with Crippen molar-refractivity contribution in [2.75, 3.05) is 0 Å². The molecule has 0 spiro atoms. The van der Waals surface area contributed by atoms with Crippen LogP contribution in [0.1, 0.15) is 43.7 Å². The van der Waals surface area contributed by atoms with Crippen LogP contribution in [-0.4, -0.2) is 4.98 Å². The maximum Gasteiger partial charge on any atom is 0.0258 e. The SMILES string of the molecule is c1ccc2c(C3CCCCC3)[nH]cc2c1. The summed E-state index contributed by atoms with van der Waals surface area (Å²) in [6, 6.07) is 8.69. The Kier molecular flexibility index (Phi) is 2.24. The highest BCUT2D eigenvalue weighted by molar-refractivity contribution is 5.85. The fourth-order valence-corrected chi connectivity index (χ4v) is 2.83. The third-order valence-electron chi connectivity index (χ3n) is 3.65. The van der Waals surface area contributed by atoms with Gasteiger partial charge >= 0.3 is 0 Å². The van der Waals surface area contributed by atoms with E-state index in [1.54, 1.807) is 0 Å². The van der Waals surface area contributed by atoms with E-state index < -0.39 is 0 Å². The van der Waals surface area contributed by atoms with Crippen molar-refractivity contribution in [1.29, 1.82) is 0 Å². The minimum atomic E-state index is 0.777. The second kappa shape index (κ2) is 3.73. The predicted octanol–water partition coefficient (Wildman–Crippen LogP) is 4.22. The third kappa shape index (κ3) is 1.56. The predicted molar refractivity (Wildman–Crippen MR) is 64.1 cm³/mol. The van der Waals surface area contributed by atoms with E-state index in [2.05, 4.69) is 35.4 Å². The quantitative estimate of drug-likeness (QED) is 0.708. The van der Waals surface area contributed by atoms with E-state index in [1.165, 1.54) is 48.6 Å². The van der Waals surface area contributed by atoms with Gasteiger partial charge in [-0.25, -0.2) is 0 Å². The summed E-state index contributed by atoms with van der Waals surface area (Å²) in [5.41, 5.74) is 1.48. The van der Waals surface area contributed by atoms with Crippen LogP contribution in [-0.2, 0) is 0 Å². The number of aromatic nitrogens is 1. The molecule has 1 N–H and O–H groups in total. The second-order valence-electron chi connectivity index (χ2n) is 4.62. The average Bonchev–Trinajstić information content (AvgIpc) is 2.74. The zero-order valence-corrected chi connectivity index (χ0v) is 9.00. The molecule has 1 aromatic heterocycles. The highest BCUT2D eigenvalue weighted by Gasteiger charge is 2.18. The summed E-state index contributed by atoms with van der Waals surface area (Å²) in [7, 11) is 0. The number of hydrogen-bond acceptors (Lipinski definition) is 0. The van der Waals surface area contributed by atoms with Gasteiger partial charge in [-0.1, -0.05) is 43.5 Å². The Bertz CT molecular complexity index is 449. The Balaban J connectivity index is 2.02. The minimum absolute atomic E-state index is 0.777. The summed E-state index contributed by atoms with van der Waals surface area (Å²) in [5, 5.41) is 2.79. The van der Waals surface area contributed by atoms with Gasteiger partial charge in [-0.2, -0.15) is 0 Å². The molecule has 15 heavy (non-hydrogen) atoms. The molecule has 78 valence electrons. The largest absolute Gasteiger partial charge is 0.364 e. The summed E-state index contributed by atoms with van der Waals surface area (Å²) in [5.74, 6) is 0.777. The maximum atomic E-state index is 3.48. The summed E-state index contributed by atoms with van der Waals surface area (Å²) in [6.07, 6.45) is 9.11. The van der Waals surface area contributed by atoms with Crippen LogP contribution in [0.15, 0.2) is 30.5 Å². The van der Waals surface area contributed by atoms with Crippen molar-refractivity contribution in [2.24, 2.45) is 0 Å². The first kappa shape index (κ1) is 9.02. The first-order chi connectivity index (χ1) is 7.45. The topological polar surface area (TPSA) is 15.8 Å². The number of rotatable bonds is 1. The zero-order valence-electron chi connectivity index (χ0n) is 9.00. The van der Waals surface area contributed by atoms with Crippen LogP contribution in [0.4, 0.5) is 0 Å². The van der Waals surface area contributed by atoms with Gasteiger partial charge in [0.15, 0.2) is 0 Å². The number of H-pyrrole nitrogens is 1. The molecule has 1 nitrogen and oxygen atoms in total. The van der Waals surface area contributed by atoms with Gasteiger partial charge in [0.1, 0.15) is 0 Å². The lowest BCUT2D eigenvalue weighted by Gasteiger charge is -2.20. The van der Waals surface area contributed by atoms with Crippen molar-refractivity contribution >= 4 is 10.8 Å². The Morgan fingerprint density at radius 1 is 1.00 bits per heavy atom. The second-order valence-corrected chi connectivity index (χ2v) is 4.62. The van der Waals surface area contributed by atoms with E-state index in [9.17, 15) is 0 Å². The number of nitrogens with one attached hydrogen (secondary N) is 1. The van der Waals surface area contributed by atoms with Crippen LogP contribution in [0.25, 0.3) is 10.8 Å². The molecule has 2 aromatic rings. The number of fused-ring (bicyclic) bond motifs is 1. The molecule has 1 aromatic carbocycles. The summed E-state index contributed by atoms with van der Waals surface area (Å²) in [4.78, 5) is 3.48. The Labute approximate surface area is 90.5 Å². The minimum Gasteiger partial charge on any atom is -0.364 e. The molecule has 0 amide bonds. The first-order valence-electron chi connectivity index (χ1n) is 6.01. The Morgan fingerprint density at radius 3 is 2.67 bits per heavy atom. The van der Waals surface area contributed by atoms with E-state index in [1.807, 2.05) is 0 Å². The van der Waals surface area contributed by atoms with Gasteiger partial charge in [-0.05, 0) is 24.1 Å². The highest BCUT2D eigenvalue weighted by atomic mass is 14.7. The van der Waals surface area contributed by atoms with Crippen LogP contribution in [0.2, 0.25) is 0 Å². The third-order valence-corrected chi connectivity index (χ3v) is 3.65. The number of benzene rings is 1. The van der Waals surface area contributed by atoms with Crippen molar-refractivity contribution in [2.45, 2.75) is 38.0 Å². The smallest absolute Gasteiger partial charge is 0.0258 e. The van der Waals surface area contributed by atoms with Crippen LogP contribution in [0.5, 0.6) is 0 Å². The molecule has 0 atom stereocenters. The monoisotopic (exact) mass is 199 g/mol. The van der Waals surface area contributed by atoms with E-state index in [0.717, 1.165) is 5.92 Å². The molecule has 0 aliphatic heterocycles. The Morgan fingerprint density at radius 2 is 1.80 bits per heavy atom. The van der Waals surface area contributed by atoms with Crippen molar-refractivity contribution in [1.82, 2.24) is 4.98 Å². The van der Waals surface area contributed by atoms with Gasteiger partial charge in [0.2, 0.25) is 0 Å². The molecule has 1 saturated carbocycles. The fraction of sp³-hybridized carbons (Fsp3) is 0.429. The van der Waals surface area contributed by atoms with Crippen LogP contribution in [0.3, 0.4) is 0 Å². The molecule has 0 unspecified atom stereocenters. The lowest BCUT2D eigenvalue weighted by atomic mass is 9.86. The van der Waals surface area contributed by atoms with Gasteiger partial charge in [0, 0.05) is 17.3 Å². The Hall–Kier alpha value is -1.24. The highest BCUT2D eigenvalue weighted by Crippen LogP contribution is 2.35. The zero-order chi connectivity index (χ0) is 10.1. The van der Waals surface area contributed by atoms with Gasteiger partial charge in [-0.3, -0.25) is 0 Å². The maximum absolute atomic E-state index is 3.48. The first-order valence-corrected chi connectivity index (χ1v) is 6.01. The van der Waals surface area contributed by atoms with E-state index in [4.69, 9.17) is 0 Å². The van der Waals surface area contributed by atoms with Crippen molar-refractivity contribution < 1.29 is 0 Å². The normalized spacial score (nSPS) is 18.4. The molecular formula is C14H17N. The molecule has 0 saturated heterocycles. The molecule has 0 radical (unpaired) electrons. The molecule has 3 rings (SSSR count).